The van der Waals surface area contributed by atoms with Crippen molar-refractivity contribution in [3.05, 3.63) is 0 Å². The van der Waals surface area contributed by atoms with Crippen LogP contribution in [0.4, 0.5) is 0 Å². The number of hydrogen-bond acceptors (Lipinski definition) is 3. The van der Waals surface area contributed by atoms with Gasteiger partial charge in [-0.15, -0.1) is 0 Å². The van der Waals surface area contributed by atoms with Crippen LogP contribution >= 0.6 is 0 Å². The van der Waals surface area contributed by atoms with Crippen LogP contribution in [0, 0.1) is 0 Å². The van der Waals surface area contributed by atoms with Crippen LogP contribution in [-0.2, 0) is 13.3 Å². The second kappa shape index (κ2) is 7.19. The molecule has 0 heterocycles. The lowest BCUT2D eigenvalue weighted by atomic mass is 10.9. The highest BCUT2D eigenvalue weighted by molar-refractivity contribution is 7.11. The zero-order valence-corrected chi connectivity index (χ0v) is 18.3. The smallest absolute Gasteiger partial charge is 0.374 e. The van der Waals surface area contributed by atoms with Gasteiger partial charge in [-0.05, 0) is 20.8 Å². The van der Waals surface area contributed by atoms with Crippen LogP contribution in [0.3, 0.4) is 0 Å². The van der Waals surface area contributed by atoms with E-state index in [1.807, 2.05) is 0 Å². The topological polar surface area (TPSA) is 27.7 Å². The van der Waals surface area contributed by atoms with Gasteiger partial charge in [-0.2, -0.15) is 0 Å². The highest BCUT2D eigenvalue weighted by atomic mass is 28.5. The SMILES string of the molecule is CCO[Si](OCC)(OCC)C(C)([Si](C)(C)C)[Si](C)(C)C. The predicted octanol–water partition coefficient (Wildman–Crippen LogP) is 4.55. The highest BCUT2D eigenvalue weighted by Gasteiger charge is 2.68. The van der Waals surface area contributed by atoms with E-state index in [0.717, 1.165) is 0 Å². The molecule has 0 spiro atoms. The molecule has 0 unspecified atom stereocenters. The lowest BCUT2D eigenvalue weighted by Gasteiger charge is -2.55. The standard InChI is InChI=1S/C14H36O3Si3/c1-11-15-20(16-12-2,17-13-3)14(4,18(5,6)7)19(8,9)10/h11-13H2,1-10H3. The van der Waals surface area contributed by atoms with Crippen molar-refractivity contribution >= 4 is 25.0 Å². The summed E-state index contributed by atoms with van der Waals surface area (Å²) in [4.78, 5) is 0. The molecule has 0 N–H and O–H groups in total. The maximum atomic E-state index is 6.29. The van der Waals surface area contributed by atoms with Crippen molar-refractivity contribution in [1.29, 1.82) is 0 Å². The molecule has 122 valence electrons. The molecule has 0 rings (SSSR count). The van der Waals surface area contributed by atoms with Crippen LogP contribution in [0.2, 0.25) is 43.6 Å². The first-order chi connectivity index (χ1) is 8.93. The first-order valence-corrected chi connectivity index (χ1v) is 16.6. The Morgan fingerprint density at radius 1 is 0.650 bits per heavy atom. The van der Waals surface area contributed by atoms with E-state index in [-0.39, 0.29) is 4.28 Å². The van der Waals surface area contributed by atoms with Crippen molar-refractivity contribution in [2.45, 2.75) is 71.3 Å². The molecule has 0 amide bonds. The summed E-state index contributed by atoms with van der Waals surface area (Å²) >= 11 is 0. The third kappa shape index (κ3) is 3.64. The molecule has 0 atom stereocenters. The van der Waals surface area contributed by atoms with Crippen molar-refractivity contribution < 1.29 is 13.3 Å². The zero-order chi connectivity index (χ0) is 16.2. The average Bonchev–Trinajstić information content (AvgIpc) is 2.25. The molecule has 0 aliphatic carbocycles. The number of hydrogen-bond donors (Lipinski definition) is 0. The molecule has 6 heteroatoms. The fourth-order valence-corrected chi connectivity index (χ4v) is 23.1. The summed E-state index contributed by atoms with van der Waals surface area (Å²) in [7, 11) is -5.79. The molecule has 0 aromatic heterocycles. The molecule has 20 heavy (non-hydrogen) atoms. The van der Waals surface area contributed by atoms with E-state index >= 15 is 0 Å². The van der Waals surface area contributed by atoms with Gasteiger partial charge in [0.1, 0.15) is 0 Å². The Bertz CT molecular complexity index is 264. The summed E-state index contributed by atoms with van der Waals surface area (Å²) in [6, 6.07) is 0. The molecule has 3 nitrogen and oxygen atoms in total. The highest BCUT2D eigenvalue weighted by Crippen LogP contribution is 2.54. The minimum absolute atomic E-state index is 0.0923. The first-order valence-electron chi connectivity index (χ1n) is 7.85. The zero-order valence-electron chi connectivity index (χ0n) is 15.3. The summed E-state index contributed by atoms with van der Waals surface area (Å²) < 4.78 is 19.0. The Labute approximate surface area is 129 Å². The summed E-state index contributed by atoms with van der Waals surface area (Å²) in [5.74, 6) is 0. The van der Waals surface area contributed by atoms with E-state index in [0.29, 0.717) is 19.8 Å². The summed E-state index contributed by atoms with van der Waals surface area (Å²) in [5.41, 5.74) is 0. The number of rotatable bonds is 9. The van der Waals surface area contributed by atoms with E-state index in [4.69, 9.17) is 13.3 Å². The molecular weight excluding hydrogens is 300 g/mol. The third-order valence-corrected chi connectivity index (χ3v) is 24.7. The fourth-order valence-electron chi connectivity index (χ4n) is 3.17. The fraction of sp³-hybridized carbons (Fsp3) is 1.00. The van der Waals surface area contributed by atoms with Crippen LogP contribution in [-0.4, -0.2) is 44.8 Å². The Balaban J connectivity index is 6.13. The van der Waals surface area contributed by atoms with Gasteiger partial charge in [0.2, 0.25) is 0 Å². The van der Waals surface area contributed by atoms with Crippen molar-refractivity contribution in [1.82, 2.24) is 0 Å². The van der Waals surface area contributed by atoms with Crippen LogP contribution in [0.25, 0.3) is 0 Å². The van der Waals surface area contributed by atoms with Gasteiger partial charge < -0.3 is 13.3 Å². The maximum absolute atomic E-state index is 6.29. The molecule has 0 saturated heterocycles. The van der Waals surface area contributed by atoms with Crippen molar-refractivity contribution in [2.75, 3.05) is 19.8 Å². The molecule has 0 aromatic carbocycles. The maximum Gasteiger partial charge on any atom is 0.501 e. The van der Waals surface area contributed by atoms with Crippen molar-refractivity contribution in [3.8, 4) is 0 Å². The van der Waals surface area contributed by atoms with E-state index < -0.39 is 25.0 Å². The van der Waals surface area contributed by atoms with E-state index in [1.54, 1.807) is 0 Å². The van der Waals surface area contributed by atoms with Crippen LogP contribution in [0.1, 0.15) is 27.7 Å². The quantitative estimate of drug-likeness (QED) is 0.578. The van der Waals surface area contributed by atoms with Gasteiger partial charge in [0.15, 0.2) is 0 Å². The molecule has 0 aliphatic heterocycles. The van der Waals surface area contributed by atoms with Gasteiger partial charge in [-0.25, -0.2) is 0 Å². The Morgan fingerprint density at radius 2 is 0.900 bits per heavy atom. The molecular formula is C14H36O3Si3. The van der Waals surface area contributed by atoms with Gasteiger partial charge in [-0.3, -0.25) is 0 Å². The minimum Gasteiger partial charge on any atom is -0.374 e. The summed E-state index contributed by atoms with van der Waals surface area (Å²) in [6.45, 7) is 25.2. The predicted molar refractivity (Wildman–Crippen MR) is 95.7 cm³/mol. The van der Waals surface area contributed by atoms with E-state index in [2.05, 4.69) is 67.0 Å². The normalized spacial score (nSPS) is 14.7. The molecule has 0 aliphatic rings. The average molecular weight is 337 g/mol. The van der Waals surface area contributed by atoms with Gasteiger partial charge in [0.05, 0.1) is 16.1 Å². The second-order valence-corrected chi connectivity index (χ2v) is 23.0. The van der Waals surface area contributed by atoms with Crippen molar-refractivity contribution in [3.63, 3.8) is 0 Å². The van der Waals surface area contributed by atoms with Crippen LogP contribution in [0.5, 0.6) is 0 Å². The summed E-state index contributed by atoms with van der Waals surface area (Å²) in [5, 5.41) is 0. The van der Waals surface area contributed by atoms with E-state index in [1.165, 1.54) is 0 Å². The molecule has 0 fully saturated rings. The largest absolute Gasteiger partial charge is 0.501 e. The monoisotopic (exact) mass is 336 g/mol. The van der Waals surface area contributed by atoms with Gasteiger partial charge in [0.25, 0.3) is 0 Å². The lowest BCUT2D eigenvalue weighted by molar-refractivity contribution is 0.0635. The van der Waals surface area contributed by atoms with Gasteiger partial charge in [0, 0.05) is 24.1 Å². The first kappa shape index (κ1) is 20.5. The molecule has 0 radical (unpaired) electrons. The third-order valence-electron chi connectivity index (χ3n) is 4.62. The van der Waals surface area contributed by atoms with Gasteiger partial charge >= 0.3 is 8.80 Å². The Kier molecular flexibility index (Phi) is 7.39. The Morgan fingerprint density at radius 3 is 1.05 bits per heavy atom. The molecule has 0 saturated carbocycles. The minimum atomic E-state index is -2.70. The second-order valence-electron chi connectivity index (χ2n) is 7.48. The molecule has 0 bridgehead atoms. The van der Waals surface area contributed by atoms with Gasteiger partial charge in [-0.1, -0.05) is 46.2 Å². The molecule has 0 aromatic rings. The van der Waals surface area contributed by atoms with Crippen LogP contribution < -0.4 is 0 Å². The summed E-state index contributed by atoms with van der Waals surface area (Å²) in [6.07, 6.45) is 0. The Hall–Kier alpha value is 0.531. The van der Waals surface area contributed by atoms with Crippen molar-refractivity contribution in [2.24, 2.45) is 0 Å². The van der Waals surface area contributed by atoms with E-state index in [9.17, 15) is 0 Å². The van der Waals surface area contributed by atoms with Crippen LogP contribution in [0.15, 0.2) is 0 Å². The lowest BCUT2D eigenvalue weighted by Crippen LogP contribution is -2.71.